The van der Waals surface area contributed by atoms with Gasteiger partial charge in [-0.05, 0) is 56.9 Å². The van der Waals surface area contributed by atoms with Crippen LogP contribution in [0.15, 0.2) is 40.9 Å². The van der Waals surface area contributed by atoms with Crippen molar-refractivity contribution in [3.8, 4) is 11.3 Å². The van der Waals surface area contributed by atoms with Crippen molar-refractivity contribution in [3.05, 3.63) is 52.1 Å². The molecule has 1 fully saturated rings. The molecule has 1 amide bonds. The number of aryl methyl sites for hydroxylation is 1. The van der Waals surface area contributed by atoms with E-state index in [1.54, 1.807) is 0 Å². The number of amides is 1. The van der Waals surface area contributed by atoms with Crippen LogP contribution in [0.1, 0.15) is 35.8 Å². The highest BCUT2D eigenvalue weighted by Crippen LogP contribution is 2.35. The van der Waals surface area contributed by atoms with E-state index < -0.39 is 0 Å². The van der Waals surface area contributed by atoms with Crippen LogP contribution in [0.5, 0.6) is 0 Å². The number of aromatic nitrogens is 1. The van der Waals surface area contributed by atoms with Gasteiger partial charge in [0.2, 0.25) is 0 Å². The van der Waals surface area contributed by atoms with E-state index in [9.17, 15) is 4.79 Å². The van der Waals surface area contributed by atoms with Crippen molar-refractivity contribution in [1.82, 2.24) is 9.88 Å². The molecule has 1 aliphatic carbocycles. The number of hydrogen-bond acceptors (Lipinski definition) is 2. The Balaban J connectivity index is 1.85. The molecule has 120 valence electrons. The van der Waals surface area contributed by atoms with E-state index in [0.29, 0.717) is 17.5 Å². The fourth-order valence-electron chi connectivity index (χ4n) is 2.87. The lowest BCUT2D eigenvalue weighted by molar-refractivity contribution is 0.0726. The summed E-state index contributed by atoms with van der Waals surface area (Å²) in [6, 6.07) is 12.2. The number of nitrogens with zero attached hydrogens (tertiary/aromatic N) is 2. The lowest BCUT2D eigenvalue weighted by Gasteiger charge is -2.25. The molecule has 0 N–H and O–H groups in total. The molecule has 23 heavy (non-hydrogen) atoms. The summed E-state index contributed by atoms with van der Waals surface area (Å²) in [5.41, 5.74) is 3.40. The zero-order valence-electron chi connectivity index (χ0n) is 13.7. The molecule has 1 atom stereocenters. The molecule has 4 heteroatoms. The van der Waals surface area contributed by atoms with Gasteiger partial charge in [-0.2, -0.15) is 0 Å². The van der Waals surface area contributed by atoms with Gasteiger partial charge in [-0.3, -0.25) is 9.78 Å². The molecule has 1 heterocycles. The number of hydrogen-bond donors (Lipinski definition) is 0. The van der Waals surface area contributed by atoms with Gasteiger partial charge in [-0.1, -0.05) is 28.1 Å². The molecule has 0 bridgehead atoms. The molecule has 0 saturated heterocycles. The topological polar surface area (TPSA) is 33.2 Å². The van der Waals surface area contributed by atoms with Crippen molar-refractivity contribution in [2.75, 3.05) is 7.05 Å². The quantitative estimate of drug-likeness (QED) is 0.779. The van der Waals surface area contributed by atoms with E-state index in [0.717, 1.165) is 21.4 Å². The Bertz CT molecular complexity index is 740. The van der Waals surface area contributed by atoms with Crippen LogP contribution in [0.4, 0.5) is 0 Å². The monoisotopic (exact) mass is 372 g/mol. The third kappa shape index (κ3) is 3.47. The molecule has 1 aromatic heterocycles. The molecular weight excluding hydrogens is 352 g/mol. The van der Waals surface area contributed by atoms with Gasteiger partial charge in [0, 0.05) is 23.1 Å². The Morgan fingerprint density at radius 2 is 2.04 bits per heavy atom. The second-order valence-electron chi connectivity index (χ2n) is 6.33. The maximum absolute atomic E-state index is 12.7. The summed E-state index contributed by atoms with van der Waals surface area (Å²) in [4.78, 5) is 19.2. The second-order valence-corrected chi connectivity index (χ2v) is 7.25. The second kappa shape index (κ2) is 6.44. The Morgan fingerprint density at radius 1 is 1.30 bits per heavy atom. The molecule has 3 nitrogen and oxygen atoms in total. The largest absolute Gasteiger partial charge is 0.339 e. The van der Waals surface area contributed by atoms with Crippen molar-refractivity contribution < 1.29 is 4.79 Å². The van der Waals surface area contributed by atoms with Crippen LogP contribution in [-0.2, 0) is 0 Å². The van der Waals surface area contributed by atoms with Crippen LogP contribution in [0.2, 0.25) is 0 Å². The number of rotatable bonds is 4. The van der Waals surface area contributed by atoms with Gasteiger partial charge in [0.25, 0.3) is 5.91 Å². The van der Waals surface area contributed by atoms with E-state index in [1.165, 1.54) is 12.8 Å². The van der Waals surface area contributed by atoms with Crippen LogP contribution < -0.4 is 0 Å². The van der Waals surface area contributed by atoms with Gasteiger partial charge < -0.3 is 4.90 Å². The minimum Gasteiger partial charge on any atom is -0.339 e. The Kier molecular flexibility index (Phi) is 4.53. The molecule has 1 aliphatic rings. The summed E-state index contributed by atoms with van der Waals surface area (Å²) < 4.78 is 1.02. The fraction of sp³-hybridized carbons (Fsp3) is 0.368. The van der Waals surface area contributed by atoms with Crippen molar-refractivity contribution in [1.29, 1.82) is 0 Å². The van der Waals surface area contributed by atoms with Gasteiger partial charge in [0.05, 0.1) is 17.0 Å². The lowest BCUT2D eigenvalue weighted by Crippen LogP contribution is -2.36. The van der Waals surface area contributed by atoms with Crippen LogP contribution >= 0.6 is 15.9 Å². The Labute approximate surface area is 145 Å². The number of carbonyl (C=O) groups is 1. The van der Waals surface area contributed by atoms with E-state index in [-0.39, 0.29) is 5.91 Å². The third-order valence-electron chi connectivity index (χ3n) is 4.67. The van der Waals surface area contributed by atoms with Gasteiger partial charge >= 0.3 is 0 Å². The summed E-state index contributed by atoms with van der Waals surface area (Å²) in [5, 5.41) is 0. The van der Waals surface area contributed by atoms with Crippen LogP contribution in [0, 0.1) is 12.8 Å². The summed E-state index contributed by atoms with van der Waals surface area (Å²) in [6.45, 7) is 4.04. The lowest BCUT2D eigenvalue weighted by atomic mass is 10.1. The molecule has 1 saturated carbocycles. The number of carbonyl (C=O) groups excluding carboxylic acids is 1. The zero-order chi connectivity index (χ0) is 16.6. The Morgan fingerprint density at radius 3 is 2.65 bits per heavy atom. The van der Waals surface area contributed by atoms with Crippen LogP contribution in [-0.4, -0.2) is 28.9 Å². The standard InChI is InChI=1S/C19H21BrN2O/c1-12-17(19(23)22(3)13(2)14-7-8-14)9-10-18(21-12)15-5-4-6-16(20)11-15/h4-6,9-11,13-14H,7-8H2,1-3H3. The normalized spacial score (nSPS) is 15.3. The molecule has 0 aliphatic heterocycles. The van der Waals surface area contributed by atoms with Crippen molar-refractivity contribution in [2.45, 2.75) is 32.7 Å². The summed E-state index contributed by atoms with van der Waals surface area (Å²) in [7, 11) is 1.90. The minimum absolute atomic E-state index is 0.0650. The number of halogens is 1. The maximum Gasteiger partial charge on any atom is 0.255 e. The van der Waals surface area contributed by atoms with E-state index in [4.69, 9.17) is 0 Å². The first kappa shape index (κ1) is 16.2. The molecule has 2 aromatic rings. The highest BCUT2D eigenvalue weighted by Gasteiger charge is 2.33. The molecule has 3 rings (SSSR count). The highest BCUT2D eigenvalue weighted by molar-refractivity contribution is 9.10. The van der Waals surface area contributed by atoms with Crippen LogP contribution in [0.3, 0.4) is 0 Å². The number of pyridine rings is 1. The first-order chi connectivity index (χ1) is 11.0. The molecule has 1 unspecified atom stereocenters. The van der Waals surface area contributed by atoms with Crippen LogP contribution in [0.25, 0.3) is 11.3 Å². The predicted octanol–water partition coefficient (Wildman–Crippen LogP) is 4.69. The predicted molar refractivity (Wildman–Crippen MR) is 96.4 cm³/mol. The SMILES string of the molecule is Cc1nc(-c2cccc(Br)c2)ccc1C(=O)N(C)C(C)C1CC1. The smallest absolute Gasteiger partial charge is 0.255 e. The fourth-order valence-corrected chi connectivity index (χ4v) is 3.26. The van der Waals surface area contributed by atoms with Gasteiger partial charge in [0.1, 0.15) is 0 Å². The average molecular weight is 373 g/mol. The van der Waals surface area contributed by atoms with E-state index in [1.807, 2.05) is 55.3 Å². The van der Waals surface area contributed by atoms with E-state index >= 15 is 0 Å². The first-order valence-corrected chi connectivity index (χ1v) is 8.77. The van der Waals surface area contributed by atoms with Crippen molar-refractivity contribution >= 4 is 21.8 Å². The average Bonchev–Trinajstić information content (AvgIpc) is 3.37. The summed E-state index contributed by atoms with van der Waals surface area (Å²) in [5.74, 6) is 0.730. The minimum atomic E-state index is 0.0650. The third-order valence-corrected chi connectivity index (χ3v) is 5.17. The maximum atomic E-state index is 12.7. The van der Waals surface area contributed by atoms with Gasteiger partial charge in [0.15, 0.2) is 0 Å². The highest BCUT2D eigenvalue weighted by atomic mass is 79.9. The first-order valence-electron chi connectivity index (χ1n) is 7.98. The zero-order valence-corrected chi connectivity index (χ0v) is 15.3. The van der Waals surface area contributed by atoms with Gasteiger partial charge in [-0.15, -0.1) is 0 Å². The van der Waals surface area contributed by atoms with E-state index in [2.05, 4.69) is 27.8 Å². The van der Waals surface area contributed by atoms with Gasteiger partial charge in [-0.25, -0.2) is 0 Å². The molecule has 0 radical (unpaired) electrons. The molecular formula is C19H21BrN2O. The molecule has 1 aromatic carbocycles. The van der Waals surface area contributed by atoms with Crippen molar-refractivity contribution in [2.24, 2.45) is 5.92 Å². The summed E-state index contributed by atoms with van der Waals surface area (Å²) in [6.07, 6.45) is 2.47. The number of benzene rings is 1. The summed E-state index contributed by atoms with van der Waals surface area (Å²) >= 11 is 3.48. The Hall–Kier alpha value is -1.68. The van der Waals surface area contributed by atoms with Crippen molar-refractivity contribution in [3.63, 3.8) is 0 Å². The molecule has 0 spiro atoms.